The highest BCUT2D eigenvalue weighted by atomic mass is 16.2. The quantitative estimate of drug-likeness (QED) is 0.856. The molecule has 0 bridgehead atoms. The van der Waals surface area contributed by atoms with Crippen LogP contribution in [-0.2, 0) is 12.1 Å². The molecular weight excluding hydrogens is 302 g/mol. The number of aromatic nitrogens is 2. The Kier molecular flexibility index (Phi) is 5.62. The van der Waals surface area contributed by atoms with Gasteiger partial charge in [-0.3, -0.25) is 4.68 Å². The van der Waals surface area contributed by atoms with E-state index in [0.717, 1.165) is 18.7 Å². The molecule has 2 aromatic rings. The number of likely N-dealkylation sites (N-methyl/N-ethyl adjacent to an activating group) is 1. The molecule has 130 valence electrons. The average molecular weight is 329 g/mol. The summed E-state index contributed by atoms with van der Waals surface area (Å²) in [5, 5.41) is 10.1. The van der Waals surface area contributed by atoms with E-state index >= 15 is 0 Å². The zero-order valence-electron chi connectivity index (χ0n) is 15.1. The second-order valence-corrected chi connectivity index (χ2v) is 6.87. The van der Waals surface area contributed by atoms with Gasteiger partial charge in [0.05, 0.1) is 24.0 Å². The first-order chi connectivity index (χ1) is 11.3. The minimum absolute atomic E-state index is 0.242. The van der Waals surface area contributed by atoms with Crippen LogP contribution in [0.3, 0.4) is 0 Å². The number of nitrogens with one attached hydrogen (secondary N) is 2. The number of carbonyl (C=O) groups excluding carboxylic acids is 1. The maximum absolute atomic E-state index is 12.3. The monoisotopic (exact) mass is 329 g/mol. The Labute approximate surface area is 143 Å². The Hall–Kier alpha value is -2.34. The number of nitrogens with zero attached hydrogens (tertiary/aromatic N) is 3. The van der Waals surface area contributed by atoms with E-state index in [9.17, 15) is 4.79 Å². The summed E-state index contributed by atoms with van der Waals surface area (Å²) < 4.78 is 1.82. The molecule has 1 aromatic carbocycles. The zero-order valence-corrected chi connectivity index (χ0v) is 15.1. The third-order valence-corrected chi connectivity index (χ3v) is 3.83. The van der Waals surface area contributed by atoms with Crippen LogP contribution < -0.4 is 10.6 Å². The molecule has 0 aliphatic heterocycles. The molecule has 2 N–H and O–H groups in total. The lowest BCUT2D eigenvalue weighted by atomic mass is 9.93. The van der Waals surface area contributed by atoms with Crippen molar-refractivity contribution in [3.63, 3.8) is 0 Å². The molecule has 0 saturated heterocycles. The molecule has 0 atom stereocenters. The summed E-state index contributed by atoms with van der Waals surface area (Å²) in [6, 6.07) is 7.91. The number of urea groups is 1. The number of rotatable bonds is 6. The van der Waals surface area contributed by atoms with Crippen molar-refractivity contribution in [1.29, 1.82) is 0 Å². The number of benzene rings is 1. The Morgan fingerprint density at radius 3 is 2.75 bits per heavy atom. The van der Waals surface area contributed by atoms with Crippen LogP contribution in [0.25, 0.3) is 0 Å². The number of anilines is 1. The molecule has 1 heterocycles. The second-order valence-electron chi connectivity index (χ2n) is 6.87. The summed E-state index contributed by atoms with van der Waals surface area (Å²) in [6.45, 7) is 7.70. The highest BCUT2D eigenvalue weighted by Gasteiger charge is 2.23. The third-order valence-electron chi connectivity index (χ3n) is 3.83. The minimum Gasteiger partial charge on any atom is -0.329 e. The van der Waals surface area contributed by atoms with Gasteiger partial charge in [0.25, 0.3) is 0 Å². The van der Waals surface area contributed by atoms with Crippen LogP contribution in [0.4, 0.5) is 10.5 Å². The van der Waals surface area contributed by atoms with E-state index in [4.69, 9.17) is 0 Å². The molecular formula is C18H27N5O. The first-order valence-corrected chi connectivity index (χ1v) is 8.10. The van der Waals surface area contributed by atoms with Gasteiger partial charge in [-0.1, -0.05) is 29.8 Å². The minimum atomic E-state index is -0.461. The van der Waals surface area contributed by atoms with Crippen molar-refractivity contribution < 1.29 is 4.79 Å². The van der Waals surface area contributed by atoms with Gasteiger partial charge >= 0.3 is 6.03 Å². The van der Waals surface area contributed by atoms with Crippen molar-refractivity contribution in [2.45, 2.75) is 32.9 Å². The van der Waals surface area contributed by atoms with Crippen LogP contribution in [0, 0.1) is 6.92 Å². The van der Waals surface area contributed by atoms with Gasteiger partial charge in [0, 0.05) is 12.7 Å². The largest absolute Gasteiger partial charge is 0.329 e. The van der Waals surface area contributed by atoms with Gasteiger partial charge in [0.1, 0.15) is 0 Å². The first kappa shape index (κ1) is 18.0. The third kappa shape index (κ3) is 5.09. The number of carbonyl (C=O) groups is 1. The molecule has 2 rings (SSSR count). The number of aryl methyl sites for hydroxylation is 1. The summed E-state index contributed by atoms with van der Waals surface area (Å²) in [6.07, 6.45) is 3.50. The van der Waals surface area contributed by atoms with Gasteiger partial charge in [-0.25, -0.2) is 4.79 Å². The van der Waals surface area contributed by atoms with Crippen molar-refractivity contribution >= 4 is 11.7 Å². The lowest BCUT2D eigenvalue weighted by Crippen LogP contribution is -2.43. The molecule has 0 unspecified atom stereocenters. The number of hydrogen-bond donors (Lipinski definition) is 2. The molecule has 24 heavy (non-hydrogen) atoms. The van der Waals surface area contributed by atoms with E-state index in [-0.39, 0.29) is 6.03 Å². The molecule has 0 radical (unpaired) electrons. The molecule has 0 fully saturated rings. The fraction of sp³-hybridized carbons (Fsp3) is 0.444. The molecule has 0 aliphatic rings. The topological polar surface area (TPSA) is 62.2 Å². The van der Waals surface area contributed by atoms with Crippen LogP contribution in [0.5, 0.6) is 0 Å². The zero-order chi connectivity index (χ0) is 17.7. The lowest BCUT2D eigenvalue weighted by molar-refractivity contribution is 0.242. The molecule has 1 aromatic heterocycles. The molecule has 0 spiro atoms. The van der Waals surface area contributed by atoms with Gasteiger partial charge in [-0.15, -0.1) is 0 Å². The summed E-state index contributed by atoms with van der Waals surface area (Å²) in [7, 11) is 4.03. The fourth-order valence-electron chi connectivity index (χ4n) is 2.41. The van der Waals surface area contributed by atoms with Crippen LogP contribution in [0.2, 0.25) is 0 Å². The Balaban J connectivity index is 1.95. The predicted octanol–water partition coefficient (Wildman–Crippen LogP) is 2.81. The normalized spacial score (nSPS) is 11.6. The van der Waals surface area contributed by atoms with E-state index in [1.807, 2.05) is 63.9 Å². The SMILES string of the molecule is Cc1cccc(C(C)(C)NC(=O)Nc2cnn(CCN(C)C)c2)c1. The van der Waals surface area contributed by atoms with E-state index in [2.05, 4.69) is 26.7 Å². The maximum atomic E-state index is 12.3. The van der Waals surface area contributed by atoms with Crippen molar-refractivity contribution in [2.24, 2.45) is 0 Å². The first-order valence-electron chi connectivity index (χ1n) is 8.10. The second kappa shape index (κ2) is 7.49. The van der Waals surface area contributed by atoms with Crippen LogP contribution in [0.15, 0.2) is 36.7 Å². The van der Waals surface area contributed by atoms with Crippen molar-refractivity contribution in [3.05, 3.63) is 47.8 Å². The highest BCUT2D eigenvalue weighted by Crippen LogP contribution is 2.21. The number of amides is 2. The van der Waals surface area contributed by atoms with E-state index in [0.29, 0.717) is 5.69 Å². The van der Waals surface area contributed by atoms with Crippen molar-refractivity contribution in [3.8, 4) is 0 Å². The highest BCUT2D eigenvalue weighted by molar-refractivity contribution is 5.89. The van der Waals surface area contributed by atoms with Crippen LogP contribution in [0.1, 0.15) is 25.0 Å². The Bertz CT molecular complexity index is 690. The van der Waals surface area contributed by atoms with Gasteiger partial charge in [-0.2, -0.15) is 5.10 Å². The summed E-state index contributed by atoms with van der Waals surface area (Å²) >= 11 is 0. The van der Waals surface area contributed by atoms with Crippen LogP contribution >= 0.6 is 0 Å². The Morgan fingerprint density at radius 2 is 2.08 bits per heavy atom. The fourth-order valence-corrected chi connectivity index (χ4v) is 2.41. The van der Waals surface area contributed by atoms with Crippen LogP contribution in [-0.4, -0.2) is 41.4 Å². The standard InChI is InChI=1S/C18H27N5O/c1-14-7-6-8-15(11-14)18(2,3)21-17(24)20-16-12-19-23(13-16)10-9-22(4)5/h6-8,11-13H,9-10H2,1-5H3,(H2,20,21,24). The van der Waals surface area contributed by atoms with E-state index in [1.54, 1.807) is 6.20 Å². The van der Waals surface area contributed by atoms with Gasteiger partial charge in [0.15, 0.2) is 0 Å². The van der Waals surface area contributed by atoms with Gasteiger partial charge in [-0.05, 0) is 40.4 Å². The van der Waals surface area contributed by atoms with Crippen molar-refractivity contribution in [2.75, 3.05) is 26.0 Å². The molecule has 6 nitrogen and oxygen atoms in total. The molecule has 6 heteroatoms. The number of hydrogen-bond acceptors (Lipinski definition) is 3. The molecule has 2 amide bonds. The predicted molar refractivity (Wildman–Crippen MR) is 97.1 cm³/mol. The van der Waals surface area contributed by atoms with Gasteiger partial charge < -0.3 is 15.5 Å². The Morgan fingerprint density at radius 1 is 1.33 bits per heavy atom. The van der Waals surface area contributed by atoms with E-state index < -0.39 is 5.54 Å². The molecule has 0 saturated carbocycles. The summed E-state index contributed by atoms with van der Waals surface area (Å²) in [5.74, 6) is 0. The average Bonchev–Trinajstić information content (AvgIpc) is 2.92. The van der Waals surface area contributed by atoms with E-state index in [1.165, 1.54) is 5.56 Å². The summed E-state index contributed by atoms with van der Waals surface area (Å²) in [5.41, 5.74) is 2.47. The van der Waals surface area contributed by atoms with Crippen molar-refractivity contribution in [1.82, 2.24) is 20.0 Å². The summed E-state index contributed by atoms with van der Waals surface area (Å²) in [4.78, 5) is 14.4. The lowest BCUT2D eigenvalue weighted by Gasteiger charge is -2.27. The maximum Gasteiger partial charge on any atom is 0.320 e. The smallest absolute Gasteiger partial charge is 0.320 e. The molecule has 0 aliphatic carbocycles. The van der Waals surface area contributed by atoms with Gasteiger partial charge in [0.2, 0.25) is 0 Å².